The smallest absolute Gasteiger partial charge is 0.307 e. The molecule has 5 rings (SSSR count). The second-order valence-corrected chi connectivity index (χ2v) is 10.9. The van der Waals surface area contributed by atoms with Crippen LogP contribution in [0.3, 0.4) is 0 Å². The number of carbonyl (C=O) groups is 1. The number of carboxylic acid groups (broad SMARTS) is 1. The van der Waals surface area contributed by atoms with Gasteiger partial charge in [0.15, 0.2) is 0 Å². The quantitative estimate of drug-likeness (QED) is 0.385. The SMILES string of the molecule is C[C@@H](N)c1cccc(-c2cc(COc3ccccc3CC(=O)O)cc(N3CCC4(CCCOC4)CC3)c2)c1. The standard InChI is InChI=1S/C32H38N2O4/c1-23(33)25-7-4-8-26(18-25)28-16-24(21-38-30-9-3-2-6-27(30)20-31(35)36)17-29(19-28)34-13-11-32(12-14-34)10-5-15-37-22-32/h2-4,6-9,16-19,23H,5,10-15,20-22,33H2,1H3,(H,35,36)/t23-/m1/s1. The molecule has 2 heterocycles. The molecule has 1 spiro atoms. The summed E-state index contributed by atoms with van der Waals surface area (Å²) >= 11 is 0. The molecule has 6 nitrogen and oxygen atoms in total. The van der Waals surface area contributed by atoms with Crippen LogP contribution in [0.5, 0.6) is 5.75 Å². The van der Waals surface area contributed by atoms with Crippen molar-refractivity contribution >= 4 is 11.7 Å². The first-order valence-electron chi connectivity index (χ1n) is 13.7. The molecule has 0 unspecified atom stereocenters. The zero-order valence-corrected chi connectivity index (χ0v) is 22.2. The number of anilines is 1. The fourth-order valence-electron chi connectivity index (χ4n) is 5.77. The largest absolute Gasteiger partial charge is 0.489 e. The third kappa shape index (κ3) is 6.20. The lowest BCUT2D eigenvalue weighted by Crippen LogP contribution is -2.44. The Kier molecular flexibility index (Phi) is 8.01. The van der Waals surface area contributed by atoms with Crippen molar-refractivity contribution in [1.82, 2.24) is 0 Å². The Morgan fingerprint density at radius 3 is 2.61 bits per heavy atom. The zero-order chi connectivity index (χ0) is 26.5. The second kappa shape index (κ2) is 11.6. The van der Waals surface area contributed by atoms with Crippen molar-refractivity contribution in [2.45, 2.75) is 51.7 Å². The van der Waals surface area contributed by atoms with Crippen LogP contribution in [0.1, 0.15) is 55.3 Å². The minimum absolute atomic E-state index is 0.0392. The van der Waals surface area contributed by atoms with E-state index < -0.39 is 5.97 Å². The lowest BCUT2D eigenvalue weighted by Gasteiger charge is -2.44. The van der Waals surface area contributed by atoms with Gasteiger partial charge in [0.2, 0.25) is 0 Å². The summed E-state index contributed by atoms with van der Waals surface area (Å²) in [6, 6.07) is 22.4. The number of nitrogens with zero attached hydrogens (tertiary/aromatic N) is 1. The van der Waals surface area contributed by atoms with Gasteiger partial charge in [0.25, 0.3) is 0 Å². The number of para-hydroxylation sites is 1. The van der Waals surface area contributed by atoms with Crippen LogP contribution in [-0.2, 0) is 22.6 Å². The highest BCUT2D eigenvalue weighted by Gasteiger charge is 2.36. The Labute approximate surface area is 225 Å². The molecule has 2 saturated heterocycles. The normalized spacial score (nSPS) is 17.8. The maximum Gasteiger partial charge on any atom is 0.307 e. The molecule has 3 aromatic carbocycles. The monoisotopic (exact) mass is 514 g/mol. The van der Waals surface area contributed by atoms with Gasteiger partial charge in [-0.05, 0) is 90.6 Å². The van der Waals surface area contributed by atoms with E-state index in [4.69, 9.17) is 15.2 Å². The first-order valence-corrected chi connectivity index (χ1v) is 13.7. The zero-order valence-electron chi connectivity index (χ0n) is 22.2. The van der Waals surface area contributed by atoms with Crippen LogP contribution >= 0.6 is 0 Å². The van der Waals surface area contributed by atoms with E-state index in [-0.39, 0.29) is 12.5 Å². The summed E-state index contributed by atoms with van der Waals surface area (Å²) in [7, 11) is 0. The molecule has 3 aromatic rings. The van der Waals surface area contributed by atoms with Crippen molar-refractivity contribution in [2.75, 3.05) is 31.2 Å². The summed E-state index contributed by atoms with van der Waals surface area (Å²) in [5.41, 5.74) is 12.8. The van der Waals surface area contributed by atoms with E-state index in [9.17, 15) is 9.90 Å². The highest BCUT2D eigenvalue weighted by Crippen LogP contribution is 2.40. The van der Waals surface area contributed by atoms with Crippen LogP contribution in [0.4, 0.5) is 5.69 Å². The summed E-state index contributed by atoms with van der Waals surface area (Å²) in [5.74, 6) is -0.261. The molecule has 6 heteroatoms. The highest BCUT2D eigenvalue weighted by atomic mass is 16.5. The minimum Gasteiger partial charge on any atom is -0.489 e. The van der Waals surface area contributed by atoms with Crippen LogP contribution in [0.2, 0.25) is 0 Å². The number of hydrogen-bond donors (Lipinski definition) is 2. The predicted molar refractivity (Wildman–Crippen MR) is 151 cm³/mol. The number of nitrogens with two attached hydrogens (primary N) is 1. The van der Waals surface area contributed by atoms with Crippen molar-refractivity contribution in [3.8, 4) is 16.9 Å². The van der Waals surface area contributed by atoms with Crippen molar-refractivity contribution in [2.24, 2.45) is 11.1 Å². The molecule has 3 N–H and O–H groups in total. The summed E-state index contributed by atoms with van der Waals surface area (Å²) in [4.78, 5) is 13.8. The first kappa shape index (κ1) is 26.3. The topological polar surface area (TPSA) is 85.0 Å². The first-order chi connectivity index (χ1) is 18.4. The third-order valence-electron chi connectivity index (χ3n) is 8.03. The van der Waals surface area contributed by atoms with Gasteiger partial charge >= 0.3 is 5.97 Å². The van der Waals surface area contributed by atoms with Gasteiger partial charge < -0.3 is 25.2 Å². The van der Waals surface area contributed by atoms with Crippen molar-refractivity contribution in [1.29, 1.82) is 0 Å². The summed E-state index contributed by atoms with van der Waals surface area (Å²) in [5, 5.41) is 9.30. The van der Waals surface area contributed by atoms with E-state index in [2.05, 4.69) is 47.4 Å². The molecule has 0 aliphatic carbocycles. The number of hydrogen-bond acceptors (Lipinski definition) is 5. The highest BCUT2D eigenvalue weighted by molar-refractivity contribution is 5.72. The van der Waals surface area contributed by atoms with E-state index in [1.54, 1.807) is 0 Å². The third-order valence-corrected chi connectivity index (χ3v) is 8.03. The fraction of sp³-hybridized carbons (Fsp3) is 0.406. The van der Waals surface area contributed by atoms with E-state index in [0.29, 0.717) is 23.3 Å². The van der Waals surface area contributed by atoms with Gasteiger partial charge in [-0.15, -0.1) is 0 Å². The number of rotatable bonds is 8. The molecule has 2 aliphatic rings. The lowest BCUT2D eigenvalue weighted by atomic mass is 9.74. The number of carboxylic acids is 1. The Balaban J connectivity index is 1.42. The minimum atomic E-state index is -0.870. The number of ether oxygens (including phenoxy) is 2. The Hall–Kier alpha value is -3.35. The molecule has 0 amide bonds. The molecule has 2 aliphatic heterocycles. The van der Waals surface area contributed by atoms with Crippen LogP contribution in [0, 0.1) is 5.41 Å². The number of aliphatic carboxylic acids is 1. The molecule has 0 bridgehead atoms. The average molecular weight is 515 g/mol. The van der Waals surface area contributed by atoms with Crippen LogP contribution in [-0.4, -0.2) is 37.4 Å². The molecular formula is C32H38N2O4. The molecular weight excluding hydrogens is 476 g/mol. The number of benzene rings is 3. The van der Waals surface area contributed by atoms with Crippen molar-refractivity contribution < 1.29 is 19.4 Å². The van der Waals surface area contributed by atoms with Gasteiger partial charge in [0.05, 0.1) is 13.0 Å². The summed E-state index contributed by atoms with van der Waals surface area (Å²) < 4.78 is 12.0. The van der Waals surface area contributed by atoms with Crippen LogP contribution in [0.25, 0.3) is 11.1 Å². The van der Waals surface area contributed by atoms with Crippen molar-refractivity contribution in [3.63, 3.8) is 0 Å². The molecule has 200 valence electrons. The van der Waals surface area contributed by atoms with Gasteiger partial charge in [-0.2, -0.15) is 0 Å². The lowest BCUT2D eigenvalue weighted by molar-refractivity contribution is -0.136. The van der Waals surface area contributed by atoms with E-state index in [1.165, 1.54) is 12.1 Å². The van der Waals surface area contributed by atoms with E-state index >= 15 is 0 Å². The summed E-state index contributed by atoms with van der Waals surface area (Å²) in [6.45, 7) is 6.16. The Morgan fingerprint density at radius 2 is 1.87 bits per heavy atom. The van der Waals surface area contributed by atoms with Gasteiger partial charge in [0, 0.05) is 37.0 Å². The molecule has 0 saturated carbocycles. The Morgan fingerprint density at radius 1 is 1.05 bits per heavy atom. The Bertz CT molecular complexity index is 1260. The fourth-order valence-corrected chi connectivity index (χ4v) is 5.77. The van der Waals surface area contributed by atoms with E-state index in [0.717, 1.165) is 67.8 Å². The number of piperidine rings is 1. The van der Waals surface area contributed by atoms with Crippen molar-refractivity contribution in [3.05, 3.63) is 83.4 Å². The van der Waals surface area contributed by atoms with Gasteiger partial charge in [-0.25, -0.2) is 0 Å². The predicted octanol–water partition coefficient (Wildman–Crippen LogP) is 5.98. The second-order valence-electron chi connectivity index (χ2n) is 10.9. The molecule has 38 heavy (non-hydrogen) atoms. The average Bonchev–Trinajstić information content (AvgIpc) is 2.93. The van der Waals surface area contributed by atoms with Crippen LogP contribution < -0.4 is 15.4 Å². The maximum atomic E-state index is 11.3. The van der Waals surface area contributed by atoms with Gasteiger partial charge in [-0.3, -0.25) is 4.79 Å². The maximum absolute atomic E-state index is 11.3. The van der Waals surface area contributed by atoms with Gasteiger partial charge in [-0.1, -0.05) is 36.4 Å². The molecule has 2 fully saturated rings. The molecule has 0 radical (unpaired) electrons. The van der Waals surface area contributed by atoms with Gasteiger partial charge in [0.1, 0.15) is 12.4 Å². The van der Waals surface area contributed by atoms with Crippen LogP contribution in [0.15, 0.2) is 66.7 Å². The molecule has 0 aromatic heterocycles. The summed E-state index contributed by atoms with van der Waals surface area (Å²) in [6.07, 6.45) is 4.65. The van der Waals surface area contributed by atoms with E-state index in [1.807, 2.05) is 31.2 Å². The molecule has 1 atom stereocenters.